The minimum absolute atomic E-state index is 0. The van der Waals surface area contributed by atoms with E-state index in [9.17, 15) is 14.4 Å². The number of aromatic nitrogens is 2. The first-order valence-corrected chi connectivity index (χ1v) is 9.21. The number of para-hydroxylation sites is 1. The van der Waals surface area contributed by atoms with Gasteiger partial charge >= 0.3 is 5.69 Å². The molecule has 1 N–H and O–H groups in total. The summed E-state index contributed by atoms with van der Waals surface area (Å²) >= 11 is 0. The van der Waals surface area contributed by atoms with Crippen molar-refractivity contribution in [1.82, 2.24) is 19.4 Å². The van der Waals surface area contributed by atoms with E-state index in [1.165, 1.54) is 17.8 Å². The molecule has 0 bridgehead atoms. The van der Waals surface area contributed by atoms with Gasteiger partial charge in [-0.2, -0.15) is 0 Å². The molecule has 29 heavy (non-hydrogen) atoms. The molecule has 9 heteroatoms. The molecule has 1 atom stereocenters. The molecule has 0 radical (unpaired) electrons. The van der Waals surface area contributed by atoms with Gasteiger partial charge in [0.25, 0.3) is 11.5 Å². The van der Waals surface area contributed by atoms with Crippen LogP contribution in [0.25, 0.3) is 11.0 Å². The predicted octanol–water partition coefficient (Wildman–Crippen LogP) is 1.26. The van der Waals surface area contributed by atoms with Crippen molar-refractivity contribution in [3.63, 3.8) is 0 Å². The van der Waals surface area contributed by atoms with Crippen molar-refractivity contribution in [2.75, 3.05) is 13.1 Å². The van der Waals surface area contributed by atoms with Gasteiger partial charge in [0.1, 0.15) is 5.58 Å². The van der Waals surface area contributed by atoms with Crippen LogP contribution in [0.4, 0.5) is 0 Å². The second-order valence-corrected chi connectivity index (χ2v) is 7.14. The molecule has 0 spiro atoms. The van der Waals surface area contributed by atoms with E-state index >= 15 is 0 Å². The quantitative estimate of drug-likeness (QED) is 0.689. The third kappa shape index (κ3) is 3.86. The first kappa shape index (κ1) is 20.9. The summed E-state index contributed by atoms with van der Waals surface area (Å²) in [5.41, 5.74) is 0.247. The molecular formula is C20H23ClN4O4. The fourth-order valence-electron chi connectivity index (χ4n) is 3.68. The molecule has 1 fully saturated rings. The maximum absolute atomic E-state index is 13.3. The summed E-state index contributed by atoms with van der Waals surface area (Å²) in [6, 6.07) is 9.12. The summed E-state index contributed by atoms with van der Waals surface area (Å²) in [5.74, 6) is -0.0180. The van der Waals surface area contributed by atoms with Crippen LogP contribution in [0, 0.1) is 0 Å². The fourth-order valence-corrected chi connectivity index (χ4v) is 3.68. The Morgan fingerprint density at radius 1 is 1.28 bits per heavy atom. The lowest BCUT2D eigenvalue weighted by Gasteiger charge is -2.27. The zero-order valence-corrected chi connectivity index (χ0v) is 17.1. The minimum atomic E-state index is -0.397. The van der Waals surface area contributed by atoms with Gasteiger partial charge < -0.3 is 19.2 Å². The summed E-state index contributed by atoms with van der Waals surface area (Å²) in [4.78, 5) is 39.5. The summed E-state index contributed by atoms with van der Waals surface area (Å²) in [7, 11) is 3.03. The summed E-state index contributed by atoms with van der Waals surface area (Å²) in [6.07, 6.45) is 2.30. The van der Waals surface area contributed by atoms with Crippen molar-refractivity contribution in [1.29, 1.82) is 0 Å². The number of hydrogen-bond donors (Lipinski definition) is 1. The molecule has 1 unspecified atom stereocenters. The van der Waals surface area contributed by atoms with E-state index in [1.54, 1.807) is 18.0 Å². The number of fused-ring (bicyclic) bond motifs is 1. The second-order valence-electron chi connectivity index (χ2n) is 7.14. The van der Waals surface area contributed by atoms with Gasteiger partial charge in [0.15, 0.2) is 5.76 Å². The third-order valence-electron chi connectivity index (χ3n) is 5.23. The van der Waals surface area contributed by atoms with Crippen molar-refractivity contribution < 1.29 is 9.21 Å². The van der Waals surface area contributed by atoms with Crippen LogP contribution in [0.1, 0.15) is 22.5 Å². The normalized spacial score (nSPS) is 16.0. The van der Waals surface area contributed by atoms with Crippen molar-refractivity contribution >= 4 is 29.3 Å². The molecule has 0 saturated carbocycles. The molecule has 1 aliphatic rings. The van der Waals surface area contributed by atoms with Gasteiger partial charge in [0.05, 0.1) is 12.1 Å². The zero-order valence-electron chi connectivity index (χ0n) is 16.3. The Morgan fingerprint density at radius 3 is 2.72 bits per heavy atom. The van der Waals surface area contributed by atoms with Crippen LogP contribution in [0.3, 0.4) is 0 Å². The average Bonchev–Trinajstić information content (AvgIpc) is 3.37. The maximum Gasteiger partial charge on any atom is 0.330 e. The number of furan rings is 1. The van der Waals surface area contributed by atoms with Crippen molar-refractivity contribution in [2.24, 2.45) is 14.1 Å². The molecule has 3 aromatic rings. The second kappa shape index (κ2) is 8.26. The summed E-state index contributed by atoms with van der Waals surface area (Å²) in [6.45, 7) is 1.57. The minimum Gasteiger partial charge on any atom is -0.451 e. The van der Waals surface area contributed by atoms with Gasteiger partial charge in [0, 0.05) is 38.3 Å². The van der Waals surface area contributed by atoms with Crippen LogP contribution < -0.4 is 16.6 Å². The van der Waals surface area contributed by atoms with Crippen LogP contribution >= 0.6 is 12.4 Å². The van der Waals surface area contributed by atoms with Gasteiger partial charge in [-0.25, -0.2) is 4.79 Å². The number of amides is 1. The number of aryl methyl sites for hydroxylation is 1. The van der Waals surface area contributed by atoms with E-state index in [1.807, 2.05) is 24.3 Å². The summed E-state index contributed by atoms with van der Waals surface area (Å²) < 4.78 is 8.17. The van der Waals surface area contributed by atoms with E-state index in [-0.39, 0.29) is 36.7 Å². The van der Waals surface area contributed by atoms with Gasteiger partial charge in [0.2, 0.25) is 0 Å². The number of halogens is 1. The Labute approximate surface area is 173 Å². The molecule has 1 aliphatic heterocycles. The highest BCUT2D eigenvalue weighted by molar-refractivity contribution is 5.96. The highest BCUT2D eigenvalue weighted by Gasteiger charge is 2.30. The standard InChI is InChI=1S/C20H22N4O4.ClH/c1-22-11-14(18(25)23(2)20(22)27)12-24(15-7-8-21-10-15)19(26)17-9-13-5-3-4-6-16(13)28-17;/h3-6,9,11,15,21H,7-8,10,12H2,1-2H3;1H. The molecule has 0 aliphatic carbocycles. The molecule has 1 saturated heterocycles. The predicted molar refractivity (Wildman–Crippen MR) is 112 cm³/mol. The first-order chi connectivity index (χ1) is 13.5. The third-order valence-corrected chi connectivity index (χ3v) is 5.23. The number of nitrogens with zero attached hydrogens (tertiary/aromatic N) is 3. The molecule has 1 aromatic carbocycles. The molecule has 8 nitrogen and oxygen atoms in total. The van der Waals surface area contributed by atoms with Gasteiger partial charge in [-0.1, -0.05) is 18.2 Å². The van der Waals surface area contributed by atoms with E-state index in [0.717, 1.165) is 22.9 Å². The lowest BCUT2D eigenvalue weighted by Crippen LogP contribution is -2.44. The smallest absolute Gasteiger partial charge is 0.330 e. The lowest BCUT2D eigenvalue weighted by molar-refractivity contribution is 0.0644. The van der Waals surface area contributed by atoms with Gasteiger partial charge in [-0.15, -0.1) is 12.4 Å². The lowest BCUT2D eigenvalue weighted by atomic mass is 10.1. The van der Waals surface area contributed by atoms with Crippen LogP contribution in [-0.4, -0.2) is 39.1 Å². The SMILES string of the molecule is Cl.Cn1cc(CN(C(=O)c2cc3ccccc3o2)C2CCNC2)c(=O)n(C)c1=O. The molecule has 2 aromatic heterocycles. The van der Waals surface area contributed by atoms with E-state index in [4.69, 9.17) is 4.42 Å². The Bertz CT molecular complexity index is 1120. The summed E-state index contributed by atoms with van der Waals surface area (Å²) in [5, 5.41) is 4.11. The number of carbonyl (C=O) groups excluding carboxylic acids is 1. The zero-order chi connectivity index (χ0) is 19.8. The molecule has 154 valence electrons. The largest absolute Gasteiger partial charge is 0.451 e. The number of nitrogens with one attached hydrogen (secondary N) is 1. The van der Waals surface area contributed by atoms with Gasteiger partial charge in [-0.3, -0.25) is 14.2 Å². The van der Waals surface area contributed by atoms with Crippen molar-refractivity contribution in [3.05, 3.63) is 68.7 Å². The number of hydrogen-bond acceptors (Lipinski definition) is 5. The van der Waals surface area contributed by atoms with Gasteiger partial charge in [-0.05, 0) is 25.1 Å². The Kier molecular flexibility index (Phi) is 5.95. The number of rotatable bonds is 4. The Hall–Kier alpha value is -2.84. The number of benzene rings is 1. The average molecular weight is 419 g/mol. The highest BCUT2D eigenvalue weighted by Crippen LogP contribution is 2.22. The fraction of sp³-hybridized carbons (Fsp3) is 0.350. The van der Waals surface area contributed by atoms with Crippen molar-refractivity contribution in [3.8, 4) is 0 Å². The van der Waals surface area contributed by atoms with E-state index in [0.29, 0.717) is 17.7 Å². The van der Waals surface area contributed by atoms with Crippen LogP contribution in [-0.2, 0) is 20.6 Å². The van der Waals surface area contributed by atoms with E-state index < -0.39 is 11.2 Å². The molecule has 4 rings (SSSR count). The molecule has 3 heterocycles. The Morgan fingerprint density at radius 2 is 2.03 bits per heavy atom. The van der Waals surface area contributed by atoms with Crippen LogP contribution in [0.5, 0.6) is 0 Å². The Balaban J connectivity index is 0.00000240. The van der Waals surface area contributed by atoms with Crippen LogP contribution in [0.2, 0.25) is 0 Å². The van der Waals surface area contributed by atoms with E-state index in [2.05, 4.69) is 5.32 Å². The number of carbonyl (C=O) groups is 1. The monoisotopic (exact) mass is 418 g/mol. The first-order valence-electron chi connectivity index (χ1n) is 9.21. The highest BCUT2D eigenvalue weighted by atomic mass is 35.5. The molecular weight excluding hydrogens is 396 g/mol. The maximum atomic E-state index is 13.3. The van der Waals surface area contributed by atoms with Crippen LogP contribution in [0.15, 0.2) is 50.5 Å². The molecule has 1 amide bonds. The topological polar surface area (TPSA) is 89.5 Å². The van der Waals surface area contributed by atoms with Crippen molar-refractivity contribution in [2.45, 2.75) is 19.0 Å².